The summed E-state index contributed by atoms with van der Waals surface area (Å²) in [5, 5.41) is 1.13. The van der Waals surface area contributed by atoms with Gasteiger partial charge in [-0.2, -0.15) is 0 Å². The number of aromatic nitrogens is 1. The van der Waals surface area contributed by atoms with Gasteiger partial charge in [-0.15, -0.1) is 0 Å². The highest BCUT2D eigenvalue weighted by atomic mass is 32.2. The maximum Gasteiger partial charge on any atom is 0.151 e. The Bertz CT molecular complexity index is 727. The van der Waals surface area contributed by atoms with Gasteiger partial charge in [-0.1, -0.05) is 24.3 Å². The van der Waals surface area contributed by atoms with Crippen LogP contribution in [0.4, 0.5) is 0 Å². The molecular weight excluding hydrogens is 272 g/mol. The van der Waals surface area contributed by atoms with E-state index in [1.165, 1.54) is 0 Å². The van der Waals surface area contributed by atoms with Crippen molar-refractivity contribution < 1.29 is 8.42 Å². The quantitative estimate of drug-likeness (QED) is 0.865. The summed E-state index contributed by atoms with van der Waals surface area (Å²) in [5.74, 6) is 0.588. The molecule has 0 N–H and O–H groups in total. The van der Waals surface area contributed by atoms with Gasteiger partial charge < -0.3 is 0 Å². The van der Waals surface area contributed by atoms with Crippen molar-refractivity contribution in [1.29, 1.82) is 0 Å². The maximum atomic E-state index is 11.5. The first kappa shape index (κ1) is 13.5. The van der Waals surface area contributed by atoms with Crippen LogP contribution in [-0.4, -0.2) is 42.9 Å². The van der Waals surface area contributed by atoms with Gasteiger partial charge in [0.05, 0.1) is 22.7 Å². The molecule has 3 rings (SSSR count). The van der Waals surface area contributed by atoms with Crippen molar-refractivity contribution in [2.45, 2.75) is 19.0 Å². The minimum atomic E-state index is -2.83. The van der Waals surface area contributed by atoms with Crippen LogP contribution < -0.4 is 0 Å². The van der Waals surface area contributed by atoms with E-state index in [4.69, 9.17) is 0 Å². The number of pyridine rings is 1. The van der Waals surface area contributed by atoms with Crippen LogP contribution in [-0.2, 0) is 16.4 Å². The number of fused-ring (bicyclic) bond motifs is 1. The summed E-state index contributed by atoms with van der Waals surface area (Å²) in [4.78, 5) is 6.73. The number of sulfone groups is 1. The average molecular weight is 290 g/mol. The molecule has 1 aliphatic rings. The predicted molar refractivity (Wildman–Crippen MR) is 80.3 cm³/mol. The van der Waals surface area contributed by atoms with Crippen molar-refractivity contribution in [2.24, 2.45) is 0 Å². The molecule has 0 aliphatic carbocycles. The van der Waals surface area contributed by atoms with Crippen molar-refractivity contribution >= 4 is 20.7 Å². The van der Waals surface area contributed by atoms with Crippen LogP contribution >= 0.6 is 0 Å². The van der Waals surface area contributed by atoms with Crippen LogP contribution in [0.3, 0.4) is 0 Å². The number of nitrogens with zero attached hydrogens (tertiary/aromatic N) is 2. The normalized spacial score (nSPS) is 21.6. The highest BCUT2D eigenvalue weighted by Gasteiger charge is 2.30. The first-order chi connectivity index (χ1) is 9.53. The lowest BCUT2D eigenvalue weighted by atomic mass is 10.2. The predicted octanol–water partition coefficient (Wildman–Crippen LogP) is 1.85. The number of para-hydroxylation sites is 1. The minimum Gasteiger partial charge on any atom is -0.297 e. The Morgan fingerprint density at radius 2 is 2.05 bits per heavy atom. The number of hydrogen-bond donors (Lipinski definition) is 0. The molecule has 4 nitrogen and oxygen atoms in total. The largest absolute Gasteiger partial charge is 0.297 e. The molecule has 1 fully saturated rings. The van der Waals surface area contributed by atoms with Gasteiger partial charge in [-0.05, 0) is 25.6 Å². The van der Waals surface area contributed by atoms with Crippen LogP contribution in [0.5, 0.6) is 0 Å². The van der Waals surface area contributed by atoms with E-state index < -0.39 is 9.84 Å². The van der Waals surface area contributed by atoms with Crippen LogP contribution in [0.25, 0.3) is 10.9 Å². The second kappa shape index (κ2) is 5.14. The van der Waals surface area contributed by atoms with E-state index in [9.17, 15) is 8.42 Å². The van der Waals surface area contributed by atoms with Crippen molar-refractivity contribution in [3.63, 3.8) is 0 Å². The Kier molecular flexibility index (Phi) is 3.48. The molecule has 0 radical (unpaired) electrons. The summed E-state index contributed by atoms with van der Waals surface area (Å²) < 4.78 is 23.1. The molecule has 1 aromatic carbocycles. The second-order valence-corrected chi connectivity index (χ2v) is 7.70. The standard InChI is InChI=1S/C15H18N2O2S/c1-17(14-8-9-20(18,19)11-14)10-13-7-6-12-4-2-3-5-15(12)16-13/h2-7,14H,8-11H2,1H3/t14-/m1/s1. The molecule has 0 amide bonds. The van der Waals surface area contributed by atoms with E-state index in [-0.39, 0.29) is 11.8 Å². The lowest BCUT2D eigenvalue weighted by Crippen LogP contribution is -2.32. The highest BCUT2D eigenvalue weighted by molar-refractivity contribution is 7.91. The van der Waals surface area contributed by atoms with Crippen LogP contribution in [0.15, 0.2) is 36.4 Å². The molecule has 2 heterocycles. The molecule has 20 heavy (non-hydrogen) atoms. The third kappa shape index (κ3) is 2.83. The van der Waals surface area contributed by atoms with E-state index >= 15 is 0 Å². The molecule has 0 spiro atoms. The molecule has 1 aromatic heterocycles. The molecule has 106 valence electrons. The number of hydrogen-bond acceptors (Lipinski definition) is 4. The fourth-order valence-electron chi connectivity index (χ4n) is 2.70. The van der Waals surface area contributed by atoms with Crippen LogP contribution in [0.1, 0.15) is 12.1 Å². The van der Waals surface area contributed by atoms with Crippen molar-refractivity contribution in [2.75, 3.05) is 18.6 Å². The summed E-state index contributed by atoms with van der Waals surface area (Å²) in [6, 6.07) is 12.2. The van der Waals surface area contributed by atoms with Crippen molar-refractivity contribution in [3.05, 3.63) is 42.1 Å². The lowest BCUT2D eigenvalue weighted by molar-refractivity contribution is 0.251. The van der Waals surface area contributed by atoms with Gasteiger partial charge in [0, 0.05) is 18.0 Å². The molecule has 1 aliphatic heterocycles. The van der Waals surface area contributed by atoms with E-state index in [0.717, 1.165) is 23.0 Å². The summed E-state index contributed by atoms with van der Waals surface area (Å²) in [7, 11) is -0.855. The van der Waals surface area contributed by atoms with Crippen LogP contribution in [0.2, 0.25) is 0 Å². The molecule has 1 saturated heterocycles. The van der Waals surface area contributed by atoms with E-state index in [0.29, 0.717) is 12.3 Å². The number of rotatable bonds is 3. The Labute approximate surface area is 119 Å². The lowest BCUT2D eigenvalue weighted by Gasteiger charge is -2.22. The molecule has 0 saturated carbocycles. The number of benzene rings is 1. The fourth-order valence-corrected chi connectivity index (χ4v) is 4.51. The van der Waals surface area contributed by atoms with Crippen LogP contribution in [0, 0.1) is 0 Å². The Morgan fingerprint density at radius 1 is 1.25 bits per heavy atom. The maximum absolute atomic E-state index is 11.5. The van der Waals surface area contributed by atoms with Crippen molar-refractivity contribution in [1.82, 2.24) is 9.88 Å². The third-order valence-corrected chi connectivity index (χ3v) is 5.65. The average Bonchev–Trinajstić information content (AvgIpc) is 2.79. The highest BCUT2D eigenvalue weighted by Crippen LogP contribution is 2.19. The van der Waals surface area contributed by atoms with Gasteiger partial charge in [0.2, 0.25) is 0 Å². The zero-order valence-electron chi connectivity index (χ0n) is 11.5. The molecule has 0 unspecified atom stereocenters. The van der Waals surface area contributed by atoms with E-state index in [1.54, 1.807) is 0 Å². The molecule has 2 aromatic rings. The second-order valence-electron chi connectivity index (χ2n) is 5.47. The Hall–Kier alpha value is -1.46. The van der Waals surface area contributed by atoms with Gasteiger partial charge in [0.25, 0.3) is 0 Å². The minimum absolute atomic E-state index is 0.119. The Morgan fingerprint density at radius 3 is 2.80 bits per heavy atom. The van der Waals surface area contributed by atoms with Gasteiger partial charge >= 0.3 is 0 Å². The zero-order valence-corrected chi connectivity index (χ0v) is 12.3. The summed E-state index contributed by atoms with van der Waals surface area (Å²) in [6.07, 6.45) is 0.729. The molecule has 5 heteroatoms. The molecule has 0 bridgehead atoms. The summed E-state index contributed by atoms with van der Waals surface area (Å²) in [6.45, 7) is 0.686. The fraction of sp³-hybridized carbons (Fsp3) is 0.400. The zero-order chi connectivity index (χ0) is 14.2. The first-order valence-corrected chi connectivity index (χ1v) is 8.61. The Balaban J connectivity index is 1.76. The van der Waals surface area contributed by atoms with Gasteiger partial charge in [-0.3, -0.25) is 9.88 Å². The monoisotopic (exact) mass is 290 g/mol. The third-order valence-electron chi connectivity index (χ3n) is 3.90. The van der Waals surface area contributed by atoms with E-state index in [1.807, 2.05) is 37.4 Å². The SMILES string of the molecule is CN(Cc1ccc2ccccc2n1)[C@@H]1CCS(=O)(=O)C1. The summed E-state index contributed by atoms with van der Waals surface area (Å²) >= 11 is 0. The molecular formula is C15H18N2O2S. The molecule has 1 atom stereocenters. The smallest absolute Gasteiger partial charge is 0.151 e. The van der Waals surface area contributed by atoms with Gasteiger partial charge in [0.1, 0.15) is 0 Å². The van der Waals surface area contributed by atoms with E-state index in [2.05, 4.69) is 16.0 Å². The first-order valence-electron chi connectivity index (χ1n) is 6.79. The van der Waals surface area contributed by atoms with Gasteiger partial charge in [0.15, 0.2) is 9.84 Å². The topological polar surface area (TPSA) is 50.3 Å². The van der Waals surface area contributed by atoms with Gasteiger partial charge in [-0.25, -0.2) is 8.42 Å². The van der Waals surface area contributed by atoms with Crippen molar-refractivity contribution in [3.8, 4) is 0 Å². The summed E-state index contributed by atoms with van der Waals surface area (Å²) in [5.41, 5.74) is 1.97.